The molecule has 0 saturated carbocycles. The molecule has 1 aromatic rings. The fourth-order valence-electron chi connectivity index (χ4n) is 1.67. The van der Waals surface area contributed by atoms with Gasteiger partial charge in [0.1, 0.15) is 5.75 Å². The number of carbonyl (C=O) groups excluding carboxylic acids is 1. The molecule has 0 fully saturated rings. The molecule has 2 rings (SSSR count). The van der Waals surface area contributed by atoms with Crippen LogP contribution < -0.4 is 4.74 Å². The first-order valence-electron chi connectivity index (χ1n) is 6.41. The first-order chi connectivity index (χ1) is 9.19. The summed E-state index contributed by atoms with van der Waals surface area (Å²) in [6.07, 6.45) is 3.87. The van der Waals surface area contributed by atoms with Crippen molar-refractivity contribution in [3.05, 3.63) is 35.5 Å². The first kappa shape index (κ1) is 13.3. The zero-order valence-electron chi connectivity index (χ0n) is 11.2. The summed E-state index contributed by atoms with van der Waals surface area (Å²) < 4.78 is 10.4. The highest BCUT2D eigenvalue weighted by Gasteiger charge is 2.19. The Morgan fingerprint density at radius 2 is 2.05 bits per heavy atom. The van der Waals surface area contributed by atoms with Gasteiger partial charge in [-0.15, -0.1) is 0 Å². The van der Waals surface area contributed by atoms with Crippen LogP contribution in [0.25, 0.3) is 6.08 Å². The van der Waals surface area contributed by atoms with Gasteiger partial charge in [-0.2, -0.15) is 0 Å². The molecule has 0 atom stereocenters. The molecular formula is C15H17NO3. The van der Waals surface area contributed by atoms with Crippen LogP contribution >= 0.6 is 0 Å². The minimum atomic E-state index is -0.402. The Morgan fingerprint density at radius 3 is 2.63 bits per heavy atom. The number of benzene rings is 1. The van der Waals surface area contributed by atoms with Gasteiger partial charge in [0.05, 0.1) is 6.61 Å². The van der Waals surface area contributed by atoms with Gasteiger partial charge in [0.25, 0.3) is 0 Å². The number of hydrogen-bond acceptors (Lipinski definition) is 4. The van der Waals surface area contributed by atoms with Gasteiger partial charge in [-0.1, -0.05) is 25.5 Å². The van der Waals surface area contributed by atoms with Crippen LogP contribution in [0.5, 0.6) is 5.75 Å². The van der Waals surface area contributed by atoms with Gasteiger partial charge in [-0.25, -0.2) is 9.79 Å². The first-order valence-corrected chi connectivity index (χ1v) is 6.41. The Morgan fingerprint density at radius 1 is 1.32 bits per heavy atom. The minimum Gasteiger partial charge on any atom is -0.494 e. The second-order valence-corrected chi connectivity index (χ2v) is 4.32. The van der Waals surface area contributed by atoms with Crippen molar-refractivity contribution in [1.29, 1.82) is 0 Å². The largest absolute Gasteiger partial charge is 0.494 e. The maximum Gasteiger partial charge on any atom is 0.363 e. The van der Waals surface area contributed by atoms with Crippen molar-refractivity contribution in [3.8, 4) is 5.75 Å². The van der Waals surface area contributed by atoms with Crippen molar-refractivity contribution in [2.24, 2.45) is 4.99 Å². The van der Waals surface area contributed by atoms with Crippen LogP contribution in [0.4, 0.5) is 0 Å². The second-order valence-electron chi connectivity index (χ2n) is 4.32. The Labute approximate surface area is 112 Å². The van der Waals surface area contributed by atoms with Gasteiger partial charge in [-0.3, -0.25) is 0 Å². The zero-order chi connectivity index (χ0) is 13.7. The fourth-order valence-corrected chi connectivity index (χ4v) is 1.67. The molecule has 0 amide bonds. The molecular weight excluding hydrogens is 242 g/mol. The highest BCUT2D eigenvalue weighted by Crippen LogP contribution is 2.18. The van der Waals surface area contributed by atoms with E-state index in [1.54, 1.807) is 13.0 Å². The molecule has 4 nitrogen and oxygen atoms in total. The van der Waals surface area contributed by atoms with Crippen LogP contribution in [0.2, 0.25) is 0 Å². The maximum absolute atomic E-state index is 11.4. The SMILES string of the molecule is CCCCOc1ccc(C=C2N=C(C)OC2=O)cc1. The molecule has 0 spiro atoms. The molecule has 0 N–H and O–H groups in total. The van der Waals surface area contributed by atoms with Gasteiger partial charge < -0.3 is 9.47 Å². The van der Waals surface area contributed by atoms with Gasteiger partial charge in [-0.05, 0) is 30.2 Å². The standard InChI is InChI=1S/C15H17NO3/c1-3-4-9-18-13-7-5-12(6-8-13)10-14-15(17)19-11(2)16-14/h5-8,10H,3-4,9H2,1-2H3. The van der Waals surface area contributed by atoms with Crippen molar-refractivity contribution in [1.82, 2.24) is 0 Å². The topological polar surface area (TPSA) is 47.9 Å². The number of ether oxygens (including phenoxy) is 2. The highest BCUT2D eigenvalue weighted by atomic mass is 16.6. The van der Waals surface area contributed by atoms with E-state index in [2.05, 4.69) is 11.9 Å². The summed E-state index contributed by atoms with van der Waals surface area (Å²) >= 11 is 0. The van der Waals surface area contributed by atoms with E-state index < -0.39 is 5.97 Å². The number of carbonyl (C=O) groups is 1. The predicted molar refractivity (Wildman–Crippen MR) is 74.0 cm³/mol. The van der Waals surface area contributed by atoms with E-state index in [9.17, 15) is 4.79 Å². The molecule has 4 heteroatoms. The Hall–Kier alpha value is -2.10. The molecule has 0 bridgehead atoms. The third-order valence-corrected chi connectivity index (χ3v) is 2.68. The van der Waals surface area contributed by atoms with E-state index >= 15 is 0 Å². The van der Waals surface area contributed by atoms with Crippen LogP contribution in [0.3, 0.4) is 0 Å². The molecule has 1 heterocycles. The van der Waals surface area contributed by atoms with Crippen LogP contribution in [0.15, 0.2) is 35.0 Å². The van der Waals surface area contributed by atoms with Gasteiger partial charge >= 0.3 is 5.97 Å². The summed E-state index contributed by atoms with van der Waals surface area (Å²) in [5.74, 6) is 0.820. The monoisotopic (exact) mass is 259 g/mol. The summed E-state index contributed by atoms with van der Waals surface area (Å²) in [6, 6.07) is 7.56. The van der Waals surface area contributed by atoms with E-state index in [-0.39, 0.29) is 0 Å². The summed E-state index contributed by atoms with van der Waals surface area (Å²) in [5.41, 5.74) is 1.23. The Balaban J connectivity index is 2.03. The van der Waals surface area contributed by atoms with Crippen LogP contribution in [-0.2, 0) is 9.53 Å². The van der Waals surface area contributed by atoms with E-state index in [1.807, 2.05) is 24.3 Å². The summed E-state index contributed by atoms with van der Waals surface area (Å²) in [4.78, 5) is 15.4. The third-order valence-electron chi connectivity index (χ3n) is 2.68. The van der Waals surface area contributed by atoms with Crippen molar-refractivity contribution < 1.29 is 14.3 Å². The van der Waals surface area contributed by atoms with Crippen molar-refractivity contribution in [2.75, 3.05) is 6.61 Å². The number of nitrogens with zero attached hydrogens (tertiary/aromatic N) is 1. The van der Waals surface area contributed by atoms with Crippen molar-refractivity contribution >= 4 is 17.9 Å². The molecule has 1 aromatic carbocycles. The fraction of sp³-hybridized carbons (Fsp3) is 0.333. The second kappa shape index (κ2) is 6.18. The van der Waals surface area contributed by atoms with E-state index in [0.717, 1.165) is 30.8 Å². The molecule has 0 aliphatic carbocycles. The van der Waals surface area contributed by atoms with E-state index in [1.165, 1.54) is 0 Å². The highest BCUT2D eigenvalue weighted by molar-refractivity contribution is 6.06. The number of hydrogen-bond donors (Lipinski definition) is 0. The number of rotatable bonds is 5. The van der Waals surface area contributed by atoms with E-state index in [0.29, 0.717) is 11.6 Å². The zero-order valence-corrected chi connectivity index (χ0v) is 11.2. The number of esters is 1. The van der Waals surface area contributed by atoms with Crippen LogP contribution in [-0.4, -0.2) is 18.5 Å². The summed E-state index contributed by atoms with van der Waals surface area (Å²) in [7, 11) is 0. The lowest BCUT2D eigenvalue weighted by Crippen LogP contribution is -1.99. The summed E-state index contributed by atoms with van der Waals surface area (Å²) in [6.45, 7) is 4.51. The number of cyclic esters (lactones) is 1. The molecule has 19 heavy (non-hydrogen) atoms. The lowest BCUT2D eigenvalue weighted by Gasteiger charge is -2.05. The lowest BCUT2D eigenvalue weighted by atomic mass is 10.2. The lowest BCUT2D eigenvalue weighted by molar-refractivity contribution is -0.130. The molecule has 0 radical (unpaired) electrons. The molecule has 0 unspecified atom stereocenters. The van der Waals surface area contributed by atoms with Gasteiger partial charge in [0.15, 0.2) is 11.6 Å². The maximum atomic E-state index is 11.4. The number of unbranched alkanes of at least 4 members (excludes halogenated alkanes) is 1. The molecule has 1 aliphatic heterocycles. The normalized spacial score (nSPS) is 16.4. The quantitative estimate of drug-likeness (QED) is 0.463. The number of aliphatic imine (C=N–C) groups is 1. The van der Waals surface area contributed by atoms with Crippen molar-refractivity contribution in [2.45, 2.75) is 26.7 Å². The van der Waals surface area contributed by atoms with Gasteiger partial charge in [0, 0.05) is 6.92 Å². The van der Waals surface area contributed by atoms with Crippen molar-refractivity contribution in [3.63, 3.8) is 0 Å². The van der Waals surface area contributed by atoms with E-state index in [4.69, 9.17) is 9.47 Å². The molecule has 0 aromatic heterocycles. The summed E-state index contributed by atoms with van der Waals surface area (Å²) in [5, 5.41) is 0. The molecule has 0 saturated heterocycles. The molecule has 100 valence electrons. The smallest absolute Gasteiger partial charge is 0.363 e. The van der Waals surface area contributed by atoms with Gasteiger partial charge in [0.2, 0.25) is 0 Å². The Kier molecular flexibility index (Phi) is 4.34. The van der Waals surface area contributed by atoms with Crippen LogP contribution in [0, 0.1) is 0 Å². The predicted octanol–water partition coefficient (Wildman–Crippen LogP) is 3.18. The third kappa shape index (κ3) is 3.68. The average Bonchev–Trinajstić information content (AvgIpc) is 2.70. The average molecular weight is 259 g/mol. The minimum absolute atomic E-state index is 0.331. The van der Waals surface area contributed by atoms with Crippen LogP contribution in [0.1, 0.15) is 32.3 Å². The Bertz CT molecular complexity index is 515. The molecule has 1 aliphatic rings.